The van der Waals surface area contributed by atoms with Gasteiger partial charge in [0, 0.05) is 22.5 Å². The maximum atomic E-state index is 12.2. The lowest BCUT2D eigenvalue weighted by molar-refractivity contribution is 0.109. The molecule has 0 bridgehead atoms. The van der Waals surface area contributed by atoms with E-state index in [9.17, 15) is 9.59 Å². The summed E-state index contributed by atoms with van der Waals surface area (Å²) in [4.78, 5) is 26.2. The second-order valence-corrected chi connectivity index (χ2v) is 6.57. The molecule has 0 aromatic heterocycles. The molecule has 0 aliphatic heterocycles. The number of aldehydes is 2. The van der Waals surface area contributed by atoms with Crippen LogP contribution in [0.1, 0.15) is 20.7 Å². The van der Waals surface area contributed by atoms with Crippen LogP contribution in [0.3, 0.4) is 0 Å². The summed E-state index contributed by atoms with van der Waals surface area (Å²) in [6, 6.07) is 33.0. The summed E-state index contributed by atoms with van der Waals surface area (Å²) < 4.78 is 0. The average molecular weight is 377 g/mol. The minimum atomic E-state index is 0.369. The summed E-state index contributed by atoms with van der Waals surface area (Å²) in [7, 11) is 0. The van der Waals surface area contributed by atoms with E-state index in [4.69, 9.17) is 0 Å². The van der Waals surface area contributed by atoms with Crippen molar-refractivity contribution in [2.45, 2.75) is 0 Å². The highest BCUT2D eigenvalue weighted by molar-refractivity contribution is 6.03. The molecule has 0 amide bonds. The monoisotopic (exact) mass is 377 g/mol. The van der Waals surface area contributed by atoms with Gasteiger partial charge in [-0.3, -0.25) is 9.59 Å². The highest BCUT2D eigenvalue weighted by atomic mass is 16.1. The number of nitrogens with zero attached hydrogens (tertiary/aromatic N) is 1. The van der Waals surface area contributed by atoms with Gasteiger partial charge in [0.1, 0.15) is 0 Å². The third-order valence-corrected chi connectivity index (χ3v) is 4.85. The van der Waals surface area contributed by atoms with Crippen LogP contribution in [-0.4, -0.2) is 12.6 Å². The van der Waals surface area contributed by atoms with Crippen LogP contribution in [0.4, 0.5) is 17.1 Å². The molecule has 0 saturated carbocycles. The zero-order valence-corrected chi connectivity index (χ0v) is 15.7. The maximum Gasteiger partial charge on any atom is 0.152 e. The first kappa shape index (κ1) is 18.4. The summed E-state index contributed by atoms with van der Waals surface area (Å²) in [6.45, 7) is 0. The predicted octanol–water partition coefficient (Wildman–Crippen LogP) is 6.45. The lowest BCUT2D eigenvalue weighted by Crippen LogP contribution is -2.13. The van der Waals surface area contributed by atoms with Crippen molar-refractivity contribution in [3.8, 4) is 11.1 Å². The molecular formula is C26H19NO2. The normalized spacial score (nSPS) is 10.3. The molecule has 4 rings (SSSR count). The minimum Gasteiger partial charge on any atom is -0.310 e. The smallest absolute Gasteiger partial charge is 0.152 e. The van der Waals surface area contributed by atoms with Gasteiger partial charge in [-0.25, -0.2) is 0 Å². The van der Waals surface area contributed by atoms with Crippen LogP contribution in [0.15, 0.2) is 103 Å². The Kier molecular flexibility index (Phi) is 5.30. The molecule has 0 aliphatic carbocycles. The van der Waals surface area contributed by atoms with Gasteiger partial charge >= 0.3 is 0 Å². The maximum absolute atomic E-state index is 12.2. The first-order valence-corrected chi connectivity index (χ1v) is 9.36. The third-order valence-electron chi connectivity index (χ3n) is 4.85. The number of hydrogen-bond donors (Lipinski definition) is 0. The largest absolute Gasteiger partial charge is 0.310 e. The molecule has 140 valence electrons. The number of anilines is 3. The summed E-state index contributed by atoms with van der Waals surface area (Å²) in [6.07, 6.45) is 1.54. The second kappa shape index (κ2) is 8.36. The summed E-state index contributed by atoms with van der Waals surface area (Å²) in [5.74, 6) is 0. The SMILES string of the molecule is O=Cc1c(-c2ccccc2)ccc(N(c2ccccc2)c2ccccc2)c1C=O. The van der Waals surface area contributed by atoms with E-state index in [0.717, 1.165) is 35.1 Å². The van der Waals surface area contributed by atoms with Crippen molar-refractivity contribution in [1.29, 1.82) is 0 Å². The van der Waals surface area contributed by atoms with E-state index in [1.54, 1.807) is 0 Å². The van der Waals surface area contributed by atoms with Gasteiger partial charge in [0.15, 0.2) is 12.6 Å². The number of hydrogen-bond acceptors (Lipinski definition) is 3. The zero-order chi connectivity index (χ0) is 20.1. The van der Waals surface area contributed by atoms with Gasteiger partial charge in [0.2, 0.25) is 0 Å². The van der Waals surface area contributed by atoms with Crippen LogP contribution in [0, 0.1) is 0 Å². The lowest BCUT2D eigenvalue weighted by Gasteiger charge is -2.27. The van der Waals surface area contributed by atoms with Gasteiger partial charge in [0.25, 0.3) is 0 Å². The number of carbonyl (C=O) groups excluding carboxylic acids is 2. The van der Waals surface area contributed by atoms with Gasteiger partial charge in [0.05, 0.1) is 5.69 Å². The molecule has 0 heterocycles. The van der Waals surface area contributed by atoms with Crippen LogP contribution in [-0.2, 0) is 0 Å². The van der Waals surface area contributed by atoms with Crippen LogP contribution in [0.2, 0.25) is 0 Å². The predicted molar refractivity (Wildman–Crippen MR) is 117 cm³/mol. The molecule has 29 heavy (non-hydrogen) atoms. The first-order chi connectivity index (χ1) is 14.3. The van der Waals surface area contributed by atoms with Crippen LogP contribution in [0.5, 0.6) is 0 Å². The number of rotatable bonds is 6. The Morgan fingerprint density at radius 1 is 0.517 bits per heavy atom. The molecular weight excluding hydrogens is 358 g/mol. The Morgan fingerprint density at radius 3 is 1.48 bits per heavy atom. The average Bonchev–Trinajstić information content (AvgIpc) is 2.80. The second-order valence-electron chi connectivity index (χ2n) is 6.57. The van der Waals surface area contributed by atoms with Gasteiger partial charge in [-0.2, -0.15) is 0 Å². The molecule has 0 atom stereocenters. The van der Waals surface area contributed by atoms with Gasteiger partial charge < -0.3 is 4.90 Å². The summed E-state index contributed by atoms with van der Waals surface area (Å²) in [5.41, 5.74) is 4.88. The Labute approximate surface area is 169 Å². The molecule has 0 fully saturated rings. The summed E-state index contributed by atoms with van der Waals surface area (Å²) in [5, 5.41) is 0. The van der Waals surface area contributed by atoms with Gasteiger partial charge in [-0.05, 0) is 41.5 Å². The summed E-state index contributed by atoms with van der Waals surface area (Å²) >= 11 is 0. The number of benzene rings is 4. The third kappa shape index (κ3) is 3.58. The van der Waals surface area contributed by atoms with Crippen molar-refractivity contribution in [3.05, 3.63) is 114 Å². The van der Waals surface area contributed by atoms with Crippen LogP contribution >= 0.6 is 0 Å². The van der Waals surface area contributed by atoms with E-state index in [-0.39, 0.29) is 0 Å². The molecule has 3 heteroatoms. The first-order valence-electron chi connectivity index (χ1n) is 9.36. The molecule has 0 radical (unpaired) electrons. The van der Waals surface area contributed by atoms with Crippen molar-refractivity contribution in [2.75, 3.05) is 4.90 Å². The standard InChI is InChI=1S/C26H19NO2/c28-18-24-23(20-10-4-1-5-11-20)16-17-26(25(24)19-29)27(21-12-6-2-7-13-21)22-14-8-3-9-15-22/h1-19H. The van der Waals surface area contributed by atoms with Crippen molar-refractivity contribution in [3.63, 3.8) is 0 Å². The van der Waals surface area contributed by atoms with E-state index in [0.29, 0.717) is 16.8 Å². The number of carbonyl (C=O) groups is 2. The molecule has 0 aliphatic rings. The van der Waals surface area contributed by atoms with E-state index in [2.05, 4.69) is 0 Å². The minimum absolute atomic E-state index is 0.369. The molecule has 0 saturated heterocycles. The fourth-order valence-corrected chi connectivity index (χ4v) is 3.52. The Balaban J connectivity index is 1.97. The van der Waals surface area contributed by atoms with Crippen molar-refractivity contribution in [2.24, 2.45) is 0 Å². The van der Waals surface area contributed by atoms with Crippen LogP contribution in [0.25, 0.3) is 11.1 Å². The van der Waals surface area contributed by atoms with Crippen LogP contribution < -0.4 is 4.90 Å². The zero-order valence-electron chi connectivity index (χ0n) is 15.7. The molecule has 0 N–H and O–H groups in total. The van der Waals surface area contributed by atoms with E-state index in [1.807, 2.05) is 108 Å². The van der Waals surface area contributed by atoms with Gasteiger partial charge in [-0.1, -0.05) is 72.8 Å². The molecule has 4 aromatic carbocycles. The lowest BCUT2D eigenvalue weighted by atomic mass is 9.94. The molecule has 3 nitrogen and oxygen atoms in total. The fourth-order valence-electron chi connectivity index (χ4n) is 3.52. The van der Waals surface area contributed by atoms with E-state index >= 15 is 0 Å². The molecule has 0 unspecified atom stereocenters. The van der Waals surface area contributed by atoms with Crippen molar-refractivity contribution in [1.82, 2.24) is 0 Å². The van der Waals surface area contributed by atoms with Crippen molar-refractivity contribution < 1.29 is 9.59 Å². The highest BCUT2D eigenvalue weighted by Crippen LogP contribution is 2.39. The van der Waals surface area contributed by atoms with E-state index in [1.165, 1.54) is 0 Å². The highest BCUT2D eigenvalue weighted by Gasteiger charge is 2.20. The topological polar surface area (TPSA) is 37.4 Å². The Hall–Kier alpha value is -3.98. The quantitative estimate of drug-likeness (QED) is 0.362. The molecule has 4 aromatic rings. The molecule has 0 spiro atoms. The van der Waals surface area contributed by atoms with Crippen molar-refractivity contribution >= 4 is 29.6 Å². The Morgan fingerprint density at radius 2 is 1.00 bits per heavy atom. The fraction of sp³-hybridized carbons (Fsp3) is 0. The van der Waals surface area contributed by atoms with Gasteiger partial charge in [-0.15, -0.1) is 0 Å². The van der Waals surface area contributed by atoms with E-state index < -0.39 is 0 Å². The number of para-hydroxylation sites is 2. The Bertz CT molecular complexity index is 1080.